The van der Waals surface area contributed by atoms with Gasteiger partial charge in [-0.15, -0.1) is 0 Å². The van der Waals surface area contributed by atoms with Crippen molar-refractivity contribution >= 4 is 23.5 Å². The Morgan fingerprint density at radius 1 is 1.27 bits per heavy atom. The second-order valence-electron chi connectivity index (χ2n) is 5.31. The van der Waals surface area contributed by atoms with Crippen LogP contribution in [0.2, 0.25) is 5.02 Å². The fourth-order valence-corrected chi connectivity index (χ4v) is 2.24. The van der Waals surface area contributed by atoms with Crippen molar-refractivity contribution in [2.75, 3.05) is 13.7 Å². The van der Waals surface area contributed by atoms with Gasteiger partial charge in [0.25, 0.3) is 0 Å². The molecule has 0 aliphatic rings. The molecule has 1 aromatic rings. The number of benzene rings is 1. The molecule has 0 radical (unpaired) electrons. The van der Waals surface area contributed by atoms with Crippen molar-refractivity contribution in [2.24, 2.45) is 0 Å². The van der Waals surface area contributed by atoms with Gasteiger partial charge in [-0.25, -0.2) is 4.79 Å². The minimum Gasteiger partial charge on any atom is -0.496 e. The monoisotopic (exact) mass is 328 g/mol. The lowest BCUT2D eigenvalue weighted by Crippen LogP contribution is -2.39. The van der Waals surface area contributed by atoms with Crippen molar-refractivity contribution in [1.82, 2.24) is 0 Å². The number of rotatable bonds is 6. The first-order valence-electron chi connectivity index (χ1n) is 6.93. The zero-order chi connectivity index (χ0) is 16.9. The van der Waals surface area contributed by atoms with Crippen LogP contribution in [0.15, 0.2) is 12.1 Å². The van der Waals surface area contributed by atoms with Gasteiger partial charge in [0, 0.05) is 10.6 Å². The van der Waals surface area contributed by atoms with E-state index in [9.17, 15) is 9.59 Å². The molecule has 0 aliphatic carbocycles. The Bertz CT molecular complexity index is 566. The van der Waals surface area contributed by atoms with Crippen LogP contribution in [0.5, 0.6) is 5.75 Å². The fourth-order valence-electron chi connectivity index (χ4n) is 1.91. The van der Waals surface area contributed by atoms with Gasteiger partial charge in [0.05, 0.1) is 20.1 Å². The van der Waals surface area contributed by atoms with Crippen LogP contribution in [0, 0.1) is 6.92 Å². The zero-order valence-electron chi connectivity index (χ0n) is 13.5. The molecule has 0 amide bonds. The first kappa shape index (κ1) is 18.3. The SMILES string of the molecule is CCOC(=O)C(C)(C)OC(=O)Cc1c(Cl)cc(C)cc1OC. The maximum atomic E-state index is 12.1. The van der Waals surface area contributed by atoms with Gasteiger partial charge in [-0.1, -0.05) is 11.6 Å². The molecular weight excluding hydrogens is 308 g/mol. The minimum atomic E-state index is -1.35. The highest BCUT2D eigenvalue weighted by Crippen LogP contribution is 2.29. The fraction of sp³-hybridized carbons (Fsp3) is 0.500. The molecule has 0 atom stereocenters. The first-order chi connectivity index (χ1) is 10.2. The Labute approximate surface area is 135 Å². The molecular formula is C16H21ClO5. The summed E-state index contributed by atoms with van der Waals surface area (Å²) < 4.78 is 15.3. The number of esters is 2. The highest BCUT2D eigenvalue weighted by Gasteiger charge is 2.34. The van der Waals surface area contributed by atoms with Crippen molar-refractivity contribution in [3.05, 3.63) is 28.3 Å². The summed E-state index contributed by atoms with van der Waals surface area (Å²) in [6, 6.07) is 3.52. The predicted octanol–water partition coefficient (Wildman–Crippen LogP) is 3.08. The van der Waals surface area contributed by atoms with Crippen LogP contribution < -0.4 is 4.74 Å². The molecule has 0 aromatic heterocycles. The van der Waals surface area contributed by atoms with Gasteiger partial charge >= 0.3 is 11.9 Å². The maximum Gasteiger partial charge on any atom is 0.349 e. The van der Waals surface area contributed by atoms with E-state index in [-0.39, 0.29) is 13.0 Å². The molecule has 0 spiro atoms. The average Bonchev–Trinajstić information content (AvgIpc) is 2.41. The summed E-state index contributed by atoms with van der Waals surface area (Å²) >= 11 is 6.16. The number of carbonyl (C=O) groups is 2. The van der Waals surface area contributed by atoms with Gasteiger partial charge in [-0.05, 0) is 45.4 Å². The molecule has 6 heteroatoms. The number of aryl methyl sites for hydroxylation is 1. The molecule has 0 saturated heterocycles. The molecule has 22 heavy (non-hydrogen) atoms. The van der Waals surface area contributed by atoms with E-state index >= 15 is 0 Å². The van der Waals surface area contributed by atoms with Gasteiger partial charge in [0.15, 0.2) is 0 Å². The Kier molecular flexibility index (Phi) is 6.23. The van der Waals surface area contributed by atoms with Crippen LogP contribution >= 0.6 is 11.6 Å². The van der Waals surface area contributed by atoms with Crippen LogP contribution in [0.25, 0.3) is 0 Å². The van der Waals surface area contributed by atoms with Crippen LogP contribution in [0.4, 0.5) is 0 Å². The molecule has 1 rings (SSSR count). The quantitative estimate of drug-likeness (QED) is 0.751. The summed E-state index contributed by atoms with van der Waals surface area (Å²) in [5.74, 6) is -0.664. The van der Waals surface area contributed by atoms with Crippen LogP contribution in [-0.2, 0) is 25.5 Å². The number of methoxy groups -OCH3 is 1. The van der Waals surface area contributed by atoms with Crippen LogP contribution in [0.3, 0.4) is 0 Å². The van der Waals surface area contributed by atoms with E-state index in [1.54, 1.807) is 19.1 Å². The third-order valence-corrected chi connectivity index (χ3v) is 3.31. The number of halogens is 1. The normalized spacial score (nSPS) is 11.0. The summed E-state index contributed by atoms with van der Waals surface area (Å²) in [7, 11) is 1.50. The highest BCUT2D eigenvalue weighted by atomic mass is 35.5. The first-order valence-corrected chi connectivity index (χ1v) is 7.31. The van der Waals surface area contributed by atoms with Crippen molar-refractivity contribution < 1.29 is 23.8 Å². The van der Waals surface area contributed by atoms with Crippen molar-refractivity contribution in [3.63, 3.8) is 0 Å². The van der Waals surface area contributed by atoms with Crippen molar-refractivity contribution in [1.29, 1.82) is 0 Å². The third kappa shape index (κ3) is 4.63. The number of hydrogen-bond acceptors (Lipinski definition) is 5. The smallest absolute Gasteiger partial charge is 0.349 e. The highest BCUT2D eigenvalue weighted by molar-refractivity contribution is 6.31. The molecule has 0 bridgehead atoms. The minimum absolute atomic E-state index is 0.0921. The summed E-state index contributed by atoms with van der Waals surface area (Å²) in [6.45, 7) is 6.75. The second kappa shape index (κ2) is 7.49. The van der Waals surface area contributed by atoms with E-state index in [0.717, 1.165) is 5.56 Å². The largest absolute Gasteiger partial charge is 0.496 e. The Hall–Kier alpha value is -1.75. The Balaban J connectivity index is 2.88. The standard InChI is InChI=1S/C16H21ClO5/c1-6-21-15(19)16(3,4)22-14(18)9-11-12(17)7-10(2)8-13(11)20-5/h7-8H,6,9H2,1-5H3. The molecule has 1 aromatic carbocycles. The molecule has 0 aliphatic heterocycles. The molecule has 0 saturated carbocycles. The van der Waals surface area contributed by atoms with E-state index < -0.39 is 17.5 Å². The summed E-state index contributed by atoms with van der Waals surface area (Å²) in [6.07, 6.45) is -0.0921. The predicted molar refractivity (Wildman–Crippen MR) is 83.2 cm³/mol. The third-order valence-electron chi connectivity index (χ3n) is 2.98. The zero-order valence-corrected chi connectivity index (χ0v) is 14.2. The van der Waals surface area contributed by atoms with E-state index in [1.807, 2.05) is 6.92 Å². The van der Waals surface area contributed by atoms with E-state index in [0.29, 0.717) is 16.3 Å². The maximum absolute atomic E-state index is 12.1. The number of hydrogen-bond donors (Lipinski definition) is 0. The van der Waals surface area contributed by atoms with E-state index in [2.05, 4.69) is 0 Å². The van der Waals surface area contributed by atoms with Crippen molar-refractivity contribution in [2.45, 2.75) is 39.7 Å². The van der Waals surface area contributed by atoms with Gasteiger partial charge in [0.2, 0.25) is 5.60 Å². The molecule has 5 nitrogen and oxygen atoms in total. The van der Waals surface area contributed by atoms with Gasteiger partial charge in [-0.3, -0.25) is 4.79 Å². The topological polar surface area (TPSA) is 61.8 Å². The molecule has 0 N–H and O–H groups in total. The van der Waals surface area contributed by atoms with E-state index in [4.69, 9.17) is 25.8 Å². The average molecular weight is 329 g/mol. The van der Waals surface area contributed by atoms with Gasteiger partial charge < -0.3 is 14.2 Å². The summed E-state index contributed by atoms with van der Waals surface area (Å²) in [4.78, 5) is 23.8. The van der Waals surface area contributed by atoms with Crippen molar-refractivity contribution in [3.8, 4) is 5.75 Å². The summed E-state index contributed by atoms with van der Waals surface area (Å²) in [5, 5.41) is 0.419. The Morgan fingerprint density at radius 2 is 1.91 bits per heavy atom. The summed E-state index contributed by atoms with van der Waals surface area (Å²) in [5.41, 5.74) is 0.0996. The van der Waals surface area contributed by atoms with Crippen LogP contribution in [-0.4, -0.2) is 31.3 Å². The second-order valence-corrected chi connectivity index (χ2v) is 5.72. The van der Waals surface area contributed by atoms with E-state index in [1.165, 1.54) is 21.0 Å². The molecule has 0 heterocycles. The molecule has 122 valence electrons. The number of carbonyl (C=O) groups excluding carboxylic acids is 2. The lowest BCUT2D eigenvalue weighted by Gasteiger charge is -2.23. The van der Waals surface area contributed by atoms with Gasteiger partial charge in [0.1, 0.15) is 5.75 Å². The Morgan fingerprint density at radius 3 is 2.45 bits per heavy atom. The molecule has 0 fully saturated rings. The van der Waals surface area contributed by atoms with Crippen LogP contribution in [0.1, 0.15) is 31.9 Å². The number of ether oxygens (including phenoxy) is 3. The van der Waals surface area contributed by atoms with Gasteiger partial charge in [-0.2, -0.15) is 0 Å². The molecule has 0 unspecified atom stereocenters. The lowest BCUT2D eigenvalue weighted by atomic mass is 10.1. The lowest BCUT2D eigenvalue weighted by molar-refractivity contribution is -0.177.